The first kappa shape index (κ1) is 14.7. The zero-order valence-electron chi connectivity index (χ0n) is 11.8. The van der Waals surface area contributed by atoms with Crippen LogP contribution in [-0.4, -0.2) is 17.3 Å². The van der Waals surface area contributed by atoms with E-state index in [4.69, 9.17) is 4.42 Å². The lowest BCUT2D eigenvalue weighted by molar-refractivity contribution is 0.408. The highest BCUT2D eigenvalue weighted by molar-refractivity contribution is 8.00. The molecule has 1 atom stereocenters. The van der Waals surface area contributed by atoms with Gasteiger partial charge in [0.1, 0.15) is 5.76 Å². The molecule has 0 aliphatic heterocycles. The molecule has 0 saturated carbocycles. The Labute approximate surface area is 110 Å². The molecular formula is C14H25NOS. The Morgan fingerprint density at radius 3 is 2.41 bits per heavy atom. The molecule has 0 saturated heterocycles. The summed E-state index contributed by atoms with van der Waals surface area (Å²) in [5.74, 6) is 1.67. The maximum atomic E-state index is 5.35. The van der Waals surface area contributed by atoms with Gasteiger partial charge in [-0.1, -0.05) is 13.8 Å². The standard InChI is InChI=1S/C14H25NOS/c1-10(2)13(9-15-14(4,5)6)17-12-7-8-16-11(12)3/h7-8,10,13,15H,9H2,1-6H3. The summed E-state index contributed by atoms with van der Waals surface area (Å²) in [5.41, 5.74) is 0.180. The van der Waals surface area contributed by atoms with Gasteiger partial charge in [0.25, 0.3) is 0 Å². The zero-order valence-corrected chi connectivity index (χ0v) is 12.6. The number of hydrogen-bond acceptors (Lipinski definition) is 3. The van der Waals surface area contributed by atoms with Crippen molar-refractivity contribution in [2.45, 2.75) is 57.2 Å². The van der Waals surface area contributed by atoms with E-state index in [0.717, 1.165) is 12.3 Å². The van der Waals surface area contributed by atoms with Gasteiger partial charge in [-0.3, -0.25) is 0 Å². The summed E-state index contributed by atoms with van der Waals surface area (Å²) in [4.78, 5) is 1.26. The van der Waals surface area contributed by atoms with Gasteiger partial charge in [0, 0.05) is 22.2 Å². The maximum absolute atomic E-state index is 5.35. The molecule has 3 heteroatoms. The van der Waals surface area contributed by atoms with Gasteiger partial charge >= 0.3 is 0 Å². The van der Waals surface area contributed by atoms with Crippen molar-refractivity contribution in [3.8, 4) is 0 Å². The average molecular weight is 255 g/mol. The lowest BCUT2D eigenvalue weighted by Gasteiger charge is -2.27. The molecule has 1 aromatic rings. The summed E-state index contributed by atoms with van der Waals surface area (Å²) in [7, 11) is 0. The normalized spacial score (nSPS) is 14.3. The first-order valence-corrected chi connectivity index (χ1v) is 7.13. The van der Waals surface area contributed by atoms with Gasteiger partial charge in [0.2, 0.25) is 0 Å². The Morgan fingerprint density at radius 2 is 2.00 bits per heavy atom. The van der Waals surface area contributed by atoms with Crippen molar-refractivity contribution in [2.24, 2.45) is 5.92 Å². The highest BCUT2D eigenvalue weighted by atomic mass is 32.2. The van der Waals surface area contributed by atoms with Crippen molar-refractivity contribution in [1.29, 1.82) is 0 Å². The zero-order chi connectivity index (χ0) is 13.1. The minimum atomic E-state index is 0.180. The molecule has 2 nitrogen and oxygen atoms in total. The molecule has 0 radical (unpaired) electrons. The number of furan rings is 1. The number of thioether (sulfide) groups is 1. The molecule has 0 aliphatic rings. The van der Waals surface area contributed by atoms with Gasteiger partial charge < -0.3 is 9.73 Å². The van der Waals surface area contributed by atoms with Crippen LogP contribution in [0.4, 0.5) is 0 Å². The van der Waals surface area contributed by atoms with Crippen molar-refractivity contribution in [2.75, 3.05) is 6.54 Å². The average Bonchev–Trinajstić information content (AvgIpc) is 2.56. The van der Waals surface area contributed by atoms with E-state index in [2.05, 4.69) is 46.0 Å². The predicted molar refractivity (Wildman–Crippen MR) is 75.7 cm³/mol. The third-order valence-corrected chi connectivity index (χ3v) is 4.36. The van der Waals surface area contributed by atoms with Gasteiger partial charge in [-0.2, -0.15) is 0 Å². The van der Waals surface area contributed by atoms with Crippen LogP contribution in [0.25, 0.3) is 0 Å². The fraction of sp³-hybridized carbons (Fsp3) is 0.714. The lowest BCUT2D eigenvalue weighted by Crippen LogP contribution is -2.41. The molecule has 1 N–H and O–H groups in total. The molecule has 1 rings (SSSR count). The van der Waals surface area contributed by atoms with Crippen molar-refractivity contribution < 1.29 is 4.42 Å². The van der Waals surface area contributed by atoms with Gasteiger partial charge in [0.05, 0.1) is 6.26 Å². The van der Waals surface area contributed by atoms with Crippen LogP contribution < -0.4 is 5.32 Å². The van der Waals surface area contributed by atoms with E-state index in [9.17, 15) is 0 Å². The Kier molecular flexibility index (Phi) is 5.14. The highest BCUT2D eigenvalue weighted by Gasteiger charge is 2.19. The Hall–Kier alpha value is -0.410. The van der Waals surface area contributed by atoms with Crippen LogP contribution in [0.5, 0.6) is 0 Å². The van der Waals surface area contributed by atoms with Crippen LogP contribution in [0.15, 0.2) is 21.6 Å². The molecule has 0 spiro atoms. The number of rotatable bonds is 5. The van der Waals surface area contributed by atoms with E-state index in [1.165, 1.54) is 4.90 Å². The first-order chi connectivity index (χ1) is 7.79. The van der Waals surface area contributed by atoms with E-state index in [1.54, 1.807) is 6.26 Å². The van der Waals surface area contributed by atoms with Crippen molar-refractivity contribution >= 4 is 11.8 Å². The topological polar surface area (TPSA) is 25.2 Å². The number of aryl methyl sites for hydroxylation is 1. The summed E-state index contributed by atoms with van der Waals surface area (Å²) < 4.78 is 5.35. The second-order valence-electron chi connectivity index (χ2n) is 5.87. The second kappa shape index (κ2) is 5.96. The van der Waals surface area contributed by atoms with Gasteiger partial charge in [-0.15, -0.1) is 11.8 Å². The molecule has 0 bridgehead atoms. The quantitative estimate of drug-likeness (QED) is 0.802. The lowest BCUT2D eigenvalue weighted by atomic mass is 10.1. The smallest absolute Gasteiger partial charge is 0.114 e. The fourth-order valence-electron chi connectivity index (χ4n) is 1.48. The van der Waals surface area contributed by atoms with Crippen LogP contribution in [0, 0.1) is 12.8 Å². The molecule has 17 heavy (non-hydrogen) atoms. The van der Waals surface area contributed by atoms with E-state index < -0.39 is 0 Å². The number of nitrogens with one attached hydrogen (secondary N) is 1. The third-order valence-electron chi connectivity index (χ3n) is 2.67. The van der Waals surface area contributed by atoms with Crippen LogP contribution >= 0.6 is 11.8 Å². The Morgan fingerprint density at radius 1 is 1.35 bits per heavy atom. The largest absolute Gasteiger partial charge is 0.468 e. The van der Waals surface area contributed by atoms with Gasteiger partial charge in [-0.05, 0) is 39.7 Å². The van der Waals surface area contributed by atoms with E-state index in [1.807, 2.05) is 18.7 Å². The highest BCUT2D eigenvalue weighted by Crippen LogP contribution is 2.31. The van der Waals surface area contributed by atoms with Crippen molar-refractivity contribution in [3.63, 3.8) is 0 Å². The molecule has 0 aromatic carbocycles. The maximum Gasteiger partial charge on any atom is 0.114 e. The molecule has 98 valence electrons. The SMILES string of the molecule is Cc1occc1SC(CNC(C)(C)C)C(C)C. The summed E-state index contributed by atoms with van der Waals surface area (Å²) in [6, 6.07) is 2.06. The Balaban J connectivity index is 2.58. The van der Waals surface area contributed by atoms with Crippen LogP contribution in [0.1, 0.15) is 40.4 Å². The molecule has 0 fully saturated rings. The molecular weight excluding hydrogens is 230 g/mol. The van der Waals surface area contributed by atoms with E-state index >= 15 is 0 Å². The van der Waals surface area contributed by atoms with Crippen LogP contribution in [0.3, 0.4) is 0 Å². The Bertz CT molecular complexity index is 338. The second-order valence-corrected chi connectivity index (χ2v) is 7.15. The third kappa shape index (κ3) is 5.17. The monoisotopic (exact) mass is 255 g/mol. The summed E-state index contributed by atoms with van der Waals surface area (Å²) in [6.07, 6.45) is 1.77. The summed E-state index contributed by atoms with van der Waals surface area (Å²) >= 11 is 1.91. The molecule has 0 aliphatic carbocycles. The summed E-state index contributed by atoms with van der Waals surface area (Å²) in [6.45, 7) is 14.2. The van der Waals surface area contributed by atoms with Crippen LogP contribution in [-0.2, 0) is 0 Å². The number of hydrogen-bond donors (Lipinski definition) is 1. The van der Waals surface area contributed by atoms with Crippen molar-refractivity contribution in [1.82, 2.24) is 5.32 Å². The molecule has 1 aromatic heterocycles. The molecule has 0 amide bonds. The summed E-state index contributed by atoms with van der Waals surface area (Å²) in [5, 5.41) is 4.16. The predicted octanol–water partition coefficient (Wildman–Crippen LogP) is 4.09. The minimum absolute atomic E-state index is 0.180. The first-order valence-electron chi connectivity index (χ1n) is 6.25. The molecule has 1 heterocycles. The molecule has 1 unspecified atom stereocenters. The van der Waals surface area contributed by atoms with Crippen LogP contribution in [0.2, 0.25) is 0 Å². The van der Waals surface area contributed by atoms with E-state index in [0.29, 0.717) is 11.2 Å². The minimum Gasteiger partial charge on any atom is -0.468 e. The van der Waals surface area contributed by atoms with Crippen molar-refractivity contribution in [3.05, 3.63) is 18.1 Å². The van der Waals surface area contributed by atoms with Gasteiger partial charge in [0.15, 0.2) is 0 Å². The van der Waals surface area contributed by atoms with Gasteiger partial charge in [-0.25, -0.2) is 0 Å². The fourth-order valence-corrected chi connectivity index (χ4v) is 2.59. The van der Waals surface area contributed by atoms with E-state index in [-0.39, 0.29) is 5.54 Å².